The molecule has 274 valence electrons. The van der Waals surface area contributed by atoms with E-state index >= 15 is 0 Å². The monoisotopic (exact) mass is 742 g/mol. The second-order valence-corrected chi connectivity index (χ2v) is 14.9. The summed E-state index contributed by atoms with van der Waals surface area (Å²) in [5.41, 5.74) is 0.536. The fourth-order valence-electron chi connectivity index (χ4n) is 8.08. The van der Waals surface area contributed by atoms with Gasteiger partial charge in [0.05, 0.1) is 12.7 Å². The van der Waals surface area contributed by atoms with Crippen molar-refractivity contribution in [1.82, 2.24) is 0 Å². The van der Waals surface area contributed by atoms with Gasteiger partial charge >= 0.3 is 5.97 Å². The Bertz CT molecular complexity index is 3870. The predicted octanol–water partition coefficient (Wildman–Crippen LogP) is 11.4. The summed E-state index contributed by atoms with van der Waals surface area (Å²) in [4.78, 5) is 13.1. The van der Waals surface area contributed by atoms with Crippen molar-refractivity contribution in [2.45, 2.75) is 0 Å². The summed E-state index contributed by atoms with van der Waals surface area (Å²) in [5.74, 6) is -0.360. The molecule has 0 unspecified atom stereocenters. The predicted molar refractivity (Wildman–Crippen MR) is 228 cm³/mol. The number of esters is 1. The van der Waals surface area contributed by atoms with Gasteiger partial charge in [-0.1, -0.05) is 206 Å². The molecule has 0 aliphatic heterocycles. The number of hydrogen-bond donors (Lipinski definition) is 0. The molecule has 2 nitrogen and oxygen atoms in total. The van der Waals surface area contributed by atoms with Crippen molar-refractivity contribution in [1.29, 1.82) is 0 Å². The maximum Gasteiger partial charge on any atom is 0.338 e. The summed E-state index contributed by atoms with van der Waals surface area (Å²) < 4.78 is 5.27. The lowest BCUT2D eigenvalue weighted by atomic mass is 10.1. The molecule has 0 radical (unpaired) electrons. The van der Waals surface area contributed by atoms with Crippen LogP contribution in [0.1, 0.15) is 10.4 Å². The van der Waals surface area contributed by atoms with Gasteiger partial charge in [-0.05, 0) is 100 Å². The Morgan fingerprint density at radius 2 is 0.431 bits per heavy atom. The van der Waals surface area contributed by atoms with Crippen LogP contribution in [0.15, 0.2) is 212 Å². The lowest BCUT2D eigenvalue weighted by Gasteiger charge is -2.02. The fourth-order valence-corrected chi connectivity index (χ4v) is 8.08. The molecule has 0 N–H and O–H groups in total. The Labute approximate surface area is 333 Å². The number of ether oxygens (including phenoxy) is 1. The summed E-state index contributed by atoms with van der Waals surface area (Å²) in [5, 5.41) is 20.2. The Morgan fingerprint density at radius 3 is 0.638 bits per heavy atom. The van der Waals surface area contributed by atoms with E-state index in [1.54, 1.807) is 0 Å². The van der Waals surface area contributed by atoms with Gasteiger partial charge in [-0.3, -0.25) is 0 Å². The van der Waals surface area contributed by atoms with Crippen molar-refractivity contribution in [2.24, 2.45) is 0 Å². The van der Waals surface area contributed by atoms with E-state index in [1.165, 1.54) is 59.3 Å². The van der Waals surface area contributed by atoms with Crippen LogP contribution in [0.5, 0.6) is 0 Å². The standard InChI is InChI=1S/C56H38O2/c1-58-56(57)55-36-53-34-35-54(55)52-32-30-50(31-33-52)48-24-22-46(23-25-48)44-16-14-42(15-17-44)40-8-6-38(7-9-40)37-2-4-39(5-3-37)41-10-12-43(13-11-41)45-18-20-47(21-19-45)49-26-28-51(53)29-27-49/h2-36H,1H3. The average Bonchev–Trinajstić information content (AvgIpc) is 3.31. The molecule has 0 saturated carbocycles. The maximum absolute atomic E-state index is 13.1. The lowest BCUT2D eigenvalue weighted by Crippen LogP contribution is -2.03. The highest BCUT2D eigenvalue weighted by molar-refractivity contribution is 5.89. The van der Waals surface area contributed by atoms with Crippen LogP contribution >= 0.6 is 0 Å². The molecule has 0 spiro atoms. The zero-order valence-electron chi connectivity index (χ0n) is 32.0. The van der Waals surface area contributed by atoms with Crippen LogP contribution < -0.4 is 0 Å². The van der Waals surface area contributed by atoms with E-state index in [9.17, 15) is 4.79 Å². The first-order chi connectivity index (χ1) is 28.6. The largest absolute Gasteiger partial charge is 0.465 e. The van der Waals surface area contributed by atoms with Gasteiger partial charge in [0.2, 0.25) is 0 Å². The van der Waals surface area contributed by atoms with Gasteiger partial charge in [-0.15, -0.1) is 0 Å². The van der Waals surface area contributed by atoms with E-state index in [0.717, 1.165) is 41.7 Å². The number of methoxy groups -OCH3 is 1. The van der Waals surface area contributed by atoms with E-state index in [1.807, 2.05) is 12.1 Å². The molecule has 0 aromatic heterocycles. The third-order valence-corrected chi connectivity index (χ3v) is 11.5. The van der Waals surface area contributed by atoms with Gasteiger partial charge in [-0.25, -0.2) is 4.79 Å². The van der Waals surface area contributed by atoms with Crippen molar-refractivity contribution in [2.75, 3.05) is 7.11 Å². The minimum Gasteiger partial charge on any atom is -0.465 e. The highest BCUT2D eigenvalue weighted by Crippen LogP contribution is 2.12. The van der Waals surface area contributed by atoms with Gasteiger partial charge in [0.15, 0.2) is 0 Å². The maximum atomic E-state index is 13.1. The molecular weight excluding hydrogens is 705 g/mol. The molecule has 18 bridgehead atoms. The highest BCUT2D eigenvalue weighted by Gasteiger charge is 2.08. The smallest absolute Gasteiger partial charge is 0.338 e. The number of hydrogen-bond acceptors (Lipinski definition) is 2. The van der Waals surface area contributed by atoms with Gasteiger partial charge in [0.1, 0.15) is 0 Å². The molecule has 0 amide bonds. The zero-order valence-corrected chi connectivity index (χ0v) is 32.0. The Morgan fingerprint density at radius 1 is 0.259 bits per heavy atom. The van der Waals surface area contributed by atoms with Crippen LogP contribution in [0.3, 0.4) is 0 Å². The number of benzene rings is 9. The first kappa shape index (κ1) is 34.9. The van der Waals surface area contributed by atoms with Gasteiger partial charge in [0, 0.05) is 0 Å². The molecule has 34 rings (SSSR count). The summed E-state index contributed by atoms with van der Waals surface area (Å²) in [7, 11) is 1.43. The van der Waals surface area contributed by atoms with Crippen LogP contribution in [-0.4, -0.2) is 13.1 Å². The molecule has 2 heteroatoms. The first-order valence-corrected chi connectivity index (χ1v) is 19.6. The van der Waals surface area contributed by atoms with E-state index in [0.29, 0.717) is 5.56 Å². The summed E-state index contributed by atoms with van der Waals surface area (Å²) in [6, 6.07) is 75.6. The SMILES string of the molecule is COC(=O)c1cc2ccc1=c1ccc(cc1)=c1ccc(cc1)=c1ccc(cc1)=c1ccc(cc1)=c1ccc(cc1)=c1ccc(cc1)=c1ccc(cc1)=c1ccc=2cc1. The van der Waals surface area contributed by atoms with E-state index in [4.69, 9.17) is 4.74 Å². The Balaban J connectivity index is 1.21. The summed E-state index contributed by atoms with van der Waals surface area (Å²) >= 11 is 0. The van der Waals surface area contributed by atoms with Crippen molar-refractivity contribution >= 4 is 5.97 Å². The minimum absolute atomic E-state index is 0.360. The lowest BCUT2D eigenvalue weighted by molar-refractivity contribution is 0.0599. The van der Waals surface area contributed by atoms with Crippen LogP contribution in [0.4, 0.5) is 0 Å². The van der Waals surface area contributed by atoms with Crippen LogP contribution in [0.2, 0.25) is 0 Å². The van der Waals surface area contributed by atoms with Gasteiger partial charge < -0.3 is 4.74 Å². The van der Waals surface area contributed by atoms with E-state index < -0.39 is 0 Å². The van der Waals surface area contributed by atoms with Crippen molar-refractivity contribution in [3.8, 4) is 0 Å². The topological polar surface area (TPSA) is 26.3 Å². The number of rotatable bonds is 1. The summed E-state index contributed by atoms with van der Waals surface area (Å²) in [6.45, 7) is 0. The molecule has 0 heterocycles. The third-order valence-electron chi connectivity index (χ3n) is 11.5. The molecule has 9 aromatic carbocycles. The van der Waals surface area contributed by atoms with Crippen molar-refractivity contribution in [3.05, 3.63) is 312 Å². The minimum atomic E-state index is -0.360. The average molecular weight is 743 g/mol. The molecular formula is C56H38O2. The van der Waals surface area contributed by atoms with Gasteiger partial charge in [0.25, 0.3) is 0 Å². The van der Waals surface area contributed by atoms with Crippen LogP contribution in [-0.2, 0) is 4.74 Å². The third kappa shape index (κ3) is 6.72. The molecule has 25 aliphatic rings. The van der Waals surface area contributed by atoms with Crippen molar-refractivity contribution < 1.29 is 9.53 Å². The quantitative estimate of drug-likeness (QED) is 0.157. The van der Waals surface area contributed by atoms with Crippen molar-refractivity contribution in [3.63, 3.8) is 0 Å². The molecule has 9 aromatic rings. The Hall–Kier alpha value is -7.55. The van der Waals surface area contributed by atoms with E-state index in [-0.39, 0.29) is 5.97 Å². The Kier molecular flexibility index (Phi) is 8.93. The number of carbonyl (C=O) groups is 1. The van der Waals surface area contributed by atoms with E-state index in [2.05, 4.69) is 200 Å². The normalized spacial score (nSPS) is 11.3. The summed E-state index contributed by atoms with van der Waals surface area (Å²) in [6.07, 6.45) is 0. The van der Waals surface area contributed by atoms with Crippen LogP contribution in [0, 0.1) is 93.9 Å². The first-order valence-electron chi connectivity index (χ1n) is 19.6. The second-order valence-electron chi connectivity index (χ2n) is 14.9. The second kappa shape index (κ2) is 14.8. The molecule has 58 heavy (non-hydrogen) atoms. The fraction of sp³-hybridized carbons (Fsp3) is 0.0179. The zero-order chi connectivity index (χ0) is 39.0. The molecule has 0 atom stereocenters. The molecule has 0 saturated heterocycles. The van der Waals surface area contributed by atoms with Crippen LogP contribution in [0.25, 0.3) is 0 Å². The highest BCUT2D eigenvalue weighted by atomic mass is 16.5. The molecule has 0 fully saturated rings. The number of carbonyl (C=O) groups excluding carboxylic acids is 1. The molecule has 25 aliphatic carbocycles. The van der Waals surface area contributed by atoms with Gasteiger partial charge in [-0.2, -0.15) is 0 Å².